The zero-order valence-electron chi connectivity index (χ0n) is 40.0. The molecule has 0 aromatic heterocycles. The number of ether oxygens (including phenoxy) is 2. The largest absolute Gasteiger partial charge is 0.472 e. The standard InChI is InChI=1S/C53H93O8P/c1-4-7-9-11-13-15-17-19-21-23-25-26-27-28-30-31-33-35-37-39-41-43-45-47-52(54)58-49-51(50-60-62(56,57)59-6-3)61-53(55)48-46-44-42-40-38-36-34-32-29-24-22-20-18-16-14-12-10-8-5-2/h8,10,14,16-17,19-20,22-23,25,29,32,51H,4-7,9,11-13,15,18,21,24,26-28,30-31,33-50H2,1-3H3,(H,56,57)/b10-8-,16-14-,19-17-,22-20-,25-23-,32-29-. The third-order valence-corrected chi connectivity index (χ3v) is 11.6. The van der Waals surface area contributed by atoms with Gasteiger partial charge in [0.25, 0.3) is 0 Å². The average Bonchev–Trinajstić information content (AvgIpc) is 3.25. The molecule has 0 fully saturated rings. The van der Waals surface area contributed by atoms with Crippen molar-refractivity contribution in [3.05, 3.63) is 72.9 Å². The molecule has 0 amide bonds. The van der Waals surface area contributed by atoms with Crippen LogP contribution in [-0.2, 0) is 32.7 Å². The van der Waals surface area contributed by atoms with Crippen molar-refractivity contribution in [2.24, 2.45) is 0 Å². The monoisotopic (exact) mass is 889 g/mol. The van der Waals surface area contributed by atoms with Crippen LogP contribution in [0.4, 0.5) is 0 Å². The second-order valence-electron chi connectivity index (χ2n) is 16.4. The molecule has 2 unspecified atom stereocenters. The van der Waals surface area contributed by atoms with E-state index in [2.05, 4.69) is 86.8 Å². The van der Waals surface area contributed by atoms with Gasteiger partial charge in [0.1, 0.15) is 6.61 Å². The van der Waals surface area contributed by atoms with E-state index < -0.39 is 26.5 Å². The maximum Gasteiger partial charge on any atom is 0.472 e. The highest BCUT2D eigenvalue weighted by atomic mass is 31.2. The first-order chi connectivity index (χ1) is 30.3. The van der Waals surface area contributed by atoms with E-state index in [0.717, 1.165) is 89.9 Å². The Bertz CT molecular complexity index is 1240. The molecule has 1 N–H and O–H groups in total. The van der Waals surface area contributed by atoms with Crippen LogP contribution in [0.2, 0.25) is 0 Å². The van der Waals surface area contributed by atoms with Gasteiger partial charge in [-0.2, -0.15) is 0 Å². The zero-order chi connectivity index (χ0) is 45.3. The summed E-state index contributed by atoms with van der Waals surface area (Å²) in [5.41, 5.74) is 0. The van der Waals surface area contributed by atoms with Crippen LogP contribution in [0.5, 0.6) is 0 Å². The predicted molar refractivity (Wildman–Crippen MR) is 262 cm³/mol. The van der Waals surface area contributed by atoms with Crippen molar-refractivity contribution in [3.8, 4) is 0 Å². The Balaban J connectivity index is 4.02. The third kappa shape index (κ3) is 47.0. The number of phosphoric acid groups is 1. The summed E-state index contributed by atoms with van der Waals surface area (Å²) in [5.74, 6) is -0.815. The van der Waals surface area contributed by atoms with Crippen LogP contribution >= 0.6 is 7.82 Å². The summed E-state index contributed by atoms with van der Waals surface area (Å²) < 4.78 is 32.8. The van der Waals surface area contributed by atoms with Gasteiger partial charge in [-0.1, -0.05) is 196 Å². The molecule has 358 valence electrons. The molecule has 0 spiro atoms. The topological polar surface area (TPSA) is 108 Å². The summed E-state index contributed by atoms with van der Waals surface area (Å²) >= 11 is 0. The van der Waals surface area contributed by atoms with Crippen molar-refractivity contribution in [1.29, 1.82) is 0 Å². The third-order valence-electron chi connectivity index (χ3n) is 10.5. The molecule has 0 radical (unpaired) electrons. The Morgan fingerprint density at radius 1 is 0.452 bits per heavy atom. The molecule has 0 rings (SSSR count). The van der Waals surface area contributed by atoms with Crippen LogP contribution in [0.3, 0.4) is 0 Å². The second-order valence-corrected chi connectivity index (χ2v) is 17.9. The molecule has 0 aliphatic rings. The number of allylic oxidation sites excluding steroid dienone is 12. The van der Waals surface area contributed by atoms with Gasteiger partial charge < -0.3 is 14.4 Å². The number of hydrogen-bond acceptors (Lipinski definition) is 7. The van der Waals surface area contributed by atoms with Crippen LogP contribution in [0.15, 0.2) is 72.9 Å². The minimum absolute atomic E-state index is 0.00600. The van der Waals surface area contributed by atoms with Crippen molar-refractivity contribution in [1.82, 2.24) is 0 Å². The molecule has 0 aliphatic carbocycles. The first kappa shape index (κ1) is 59.5. The van der Waals surface area contributed by atoms with Crippen LogP contribution in [0.25, 0.3) is 0 Å². The lowest BCUT2D eigenvalue weighted by molar-refractivity contribution is -0.161. The lowest BCUT2D eigenvalue weighted by Crippen LogP contribution is -2.29. The Morgan fingerprint density at radius 3 is 1.24 bits per heavy atom. The number of unbranched alkanes of at least 4 members (excludes halogenated alkanes) is 22. The van der Waals surface area contributed by atoms with Gasteiger partial charge in [0, 0.05) is 12.8 Å². The van der Waals surface area contributed by atoms with E-state index in [9.17, 15) is 19.0 Å². The van der Waals surface area contributed by atoms with Gasteiger partial charge in [-0.15, -0.1) is 0 Å². The van der Waals surface area contributed by atoms with Crippen molar-refractivity contribution in [3.63, 3.8) is 0 Å². The summed E-state index contributed by atoms with van der Waals surface area (Å²) in [6, 6.07) is 0. The molecule has 2 atom stereocenters. The summed E-state index contributed by atoms with van der Waals surface area (Å²) in [6.45, 7) is 5.35. The predicted octanol–water partition coefficient (Wildman–Crippen LogP) is 16.5. The Kier molecular flexibility index (Phi) is 46.0. The highest BCUT2D eigenvalue weighted by Gasteiger charge is 2.25. The van der Waals surface area contributed by atoms with Crippen LogP contribution < -0.4 is 0 Å². The average molecular weight is 889 g/mol. The minimum Gasteiger partial charge on any atom is -0.462 e. The number of phosphoric ester groups is 1. The van der Waals surface area contributed by atoms with Gasteiger partial charge in [0.2, 0.25) is 0 Å². The van der Waals surface area contributed by atoms with E-state index >= 15 is 0 Å². The van der Waals surface area contributed by atoms with E-state index in [0.29, 0.717) is 6.42 Å². The van der Waals surface area contributed by atoms with Gasteiger partial charge in [0.05, 0.1) is 13.2 Å². The minimum atomic E-state index is -4.29. The quantitative estimate of drug-likeness (QED) is 0.0279. The maximum absolute atomic E-state index is 12.6. The smallest absolute Gasteiger partial charge is 0.462 e. The molecule has 0 aromatic rings. The molecular formula is C53H93O8P. The first-order valence-corrected chi connectivity index (χ1v) is 26.7. The highest BCUT2D eigenvalue weighted by molar-refractivity contribution is 7.47. The number of hydrogen-bond donors (Lipinski definition) is 1. The fourth-order valence-electron chi connectivity index (χ4n) is 6.83. The van der Waals surface area contributed by atoms with Gasteiger partial charge in [-0.05, 0) is 90.4 Å². The van der Waals surface area contributed by atoms with Gasteiger partial charge in [-0.3, -0.25) is 18.6 Å². The van der Waals surface area contributed by atoms with Crippen molar-refractivity contribution >= 4 is 19.8 Å². The van der Waals surface area contributed by atoms with E-state index in [1.165, 1.54) is 96.3 Å². The van der Waals surface area contributed by atoms with E-state index in [4.69, 9.17) is 18.5 Å². The zero-order valence-corrected chi connectivity index (χ0v) is 40.9. The molecule has 0 saturated heterocycles. The SMILES string of the molecule is CC/C=C\C/C=C\C/C=C\C/C=C\CCCCCCCCC(=O)OC(COC(=O)CCCCCCCCCCCCC/C=C\C/C=C\CCCCCCC)COP(=O)(O)OCC. The summed E-state index contributed by atoms with van der Waals surface area (Å²) in [4.78, 5) is 34.9. The van der Waals surface area contributed by atoms with Gasteiger partial charge >= 0.3 is 19.8 Å². The number of carbonyl (C=O) groups is 2. The normalized spacial score (nSPS) is 13.8. The van der Waals surface area contributed by atoms with Gasteiger partial charge in [0.15, 0.2) is 6.10 Å². The maximum atomic E-state index is 12.6. The summed E-state index contributed by atoms with van der Waals surface area (Å²) in [5, 5.41) is 0. The molecule has 0 saturated carbocycles. The summed E-state index contributed by atoms with van der Waals surface area (Å²) in [6.07, 6.45) is 61.0. The Morgan fingerprint density at radius 2 is 0.823 bits per heavy atom. The Hall–Kier alpha value is -2.51. The number of rotatable bonds is 46. The lowest BCUT2D eigenvalue weighted by Gasteiger charge is -2.19. The summed E-state index contributed by atoms with van der Waals surface area (Å²) in [7, 11) is -4.29. The molecule has 0 heterocycles. The molecule has 0 aromatic carbocycles. The van der Waals surface area contributed by atoms with E-state index in [1.54, 1.807) is 6.92 Å². The van der Waals surface area contributed by atoms with E-state index in [-0.39, 0.29) is 32.0 Å². The highest BCUT2D eigenvalue weighted by Crippen LogP contribution is 2.43. The molecule has 0 aliphatic heterocycles. The number of esters is 2. The second kappa shape index (κ2) is 48.0. The van der Waals surface area contributed by atoms with Crippen LogP contribution in [0.1, 0.15) is 226 Å². The molecule has 0 bridgehead atoms. The molecular weight excluding hydrogens is 796 g/mol. The number of carbonyl (C=O) groups excluding carboxylic acids is 2. The molecule has 9 heteroatoms. The molecule has 62 heavy (non-hydrogen) atoms. The fraction of sp³-hybridized carbons (Fsp3) is 0.736. The lowest BCUT2D eigenvalue weighted by atomic mass is 10.0. The van der Waals surface area contributed by atoms with Crippen molar-refractivity contribution in [2.45, 2.75) is 232 Å². The van der Waals surface area contributed by atoms with Crippen molar-refractivity contribution < 1.29 is 37.6 Å². The van der Waals surface area contributed by atoms with Crippen LogP contribution in [0, 0.1) is 0 Å². The van der Waals surface area contributed by atoms with Crippen molar-refractivity contribution in [2.75, 3.05) is 19.8 Å². The fourth-order valence-corrected chi connectivity index (χ4v) is 7.58. The van der Waals surface area contributed by atoms with Crippen LogP contribution in [-0.4, -0.2) is 42.8 Å². The van der Waals surface area contributed by atoms with E-state index in [1.807, 2.05) is 0 Å². The Labute approximate surface area is 381 Å². The van der Waals surface area contributed by atoms with Gasteiger partial charge in [-0.25, -0.2) is 4.57 Å². The first-order valence-electron chi connectivity index (χ1n) is 25.2. The molecule has 8 nitrogen and oxygen atoms in total.